The zero-order valence-corrected chi connectivity index (χ0v) is 21.8. The van der Waals surface area contributed by atoms with Gasteiger partial charge in [0.15, 0.2) is 0 Å². The van der Waals surface area contributed by atoms with Crippen LogP contribution in [0.1, 0.15) is 32.7 Å². The number of carbonyl (C=O) groups is 2. The molecule has 0 amide bonds. The van der Waals surface area contributed by atoms with E-state index in [1.54, 1.807) is 12.1 Å². The van der Waals surface area contributed by atoms with Crippen LogP contribution in [0, 0.1) is 0 Å². The summed E-state index contributed by atoms with van der Waals surface area (Å²) in [5.41, 5.74) is 0.491. The fourth-order valence-electron chi connectivity index (χ4n) is 4.15. The summed E-state index contributed by atoms with van der Waals surface area (Å²) in [5.74, 6) is -0.249. The first-order chi connectivity index (χ1) is 15.2. The van der Waals surface area contributed by atoms with Gasteiger partial charge in [0.25, 0.3) is 0 Å². The second kappa shape index (κ2) is 9.09. The molecule has 1 atom stereocenters. The van der Waals surface area contributed by atoms with Crippen LogP contribution in [0.4, 0.5) is 0 Å². The molecule has 0 bridgehead atoms. The number of halogens is 1. The van der Waals surface area contributed by atoms with Crippen LogP contribution in [0.15, 0.2) is 78.9 Å². The summed E-state index contributed by atoms with van der Waals surface area (Å²) in [7, 11) is -1.95. The van der Waals surface area contributed by atoms with Gasteiger partial charge in [0.2, 0.25) is 0 Å². The van der Waals surface area contributed by atoms with Crippen LogP contribution in [-0.4, -0.2) is 39.8 Å². The first kappa shape index (κ1) is 23.2. The number of carbonyl (C=O) groups excluding carboxylic acids is 2. The Hall–Kier alpha value is -2.01. The number of hydrogen-bond donors (Lipinski definition) is 0. The Morgan fingerprint density at radius 3 is 1.91 bits per heavy atom. The van der Waals surface area contributed by atoms with Crippen molar-refractivity contribution in [2.24, 2.45) is 0 Å². The van der Waals surface area contributed by atoms with Gasteiger partial charge in [-0.1, -0.05) is 0 Å². The van der Waals surface area contributed by atoms with Gasteiger partial charge in [-0.15, -0.1) is 0 Å². The molecule has 0 N–H and O–H groups in total. The normalized spacial score (nSPS) is 16.1. The molecule has 6 heteroatoms. The van der Waals surface area contributed by atoms with Crippen molar-refractivity contribution in [2.75, 3.05) is 0 Å². The van der Waals surface area contributed by atoms with Crippen molar-refractivity contribution in [1.82, 2.24) is 0 Å². The van der Waals surface area contributed by atoms with E-state index in [-0.39, 0.29) is 31.5 Å². The summed E-state index contributed by atoms with van der Waals surface area (Å²) in [5, 5.41) is 0.460. The van der Waals surface area contributed by atoms with Crippen molar-refractivity contribution in [2.45, 2.75) is 36.5 Å². The monoisotopic (exact) mass is 528 g/mol. The molecule has 0 radical (unpaired) electrons. The summed E-state index contributed by atoms with van der Waals surface area (Å²) in [6.07, 6.45) is 0.330. The first-order valence-corrected chi connectivity index (χ1v) is 16.2. The van der Waals surface area contributed by atoms with Gasteiger partial charge in [0, 0.05) is 0 Å². The van der Waals surface area contributed by atoms with Crippen LogP contribution >= 0.6 is 11.6 Å². The third-order valence-electron chi connectivity index (χ3n) is 5.50. The van der Waals surface area contributed by atoms with Crippen molar-refractivity contribution >= 4 is 50.9 Å². The van der Waals surface area contributed by atoms with Gasteiger partial charge in [-0.2, -0.15) is 0 Å². The van der Waals surface area contributed by atoms with E-state index in [1.807, 2.05) is 66.7 Å². The van der Waals surface area contributed by atoms with Crippen LogP contribution in [0.25, 0.3) is 0 Å². The van der Waals surface area contributed by atoms with Crippen molar-refractivity contribution in [1.29, 1.82) is 0 Å². The molecule has 0 fully saturated rings. The molecule has 3 nitrogen and oxygen atoms in total. The molecule has 0 spiro atoms. The molecule has 4 rings (SSSR count). The van der Waals surface area contributed by atoms with Crippen LogP contribution < -0.4 is 4.46 Å². The zero-order valence-electron chi connectivity index (χ0n) is 18.3. The number of benzene rings is 3. The second-order valence-corrected chi connectivity index (χ2v) is 16.4. The summed E-state index contributed by atoms with van der Waals surface area (Å²) < 4.78 is 7.73. The quantitative estimate of drug-likeness (QED) is 0.311. The van der Waals surface area contributed by atoms with Crippen molar-refractivity contribution in [3.63, 3.8) is 0 Å². The van der Waals surface area contributed by atoms with Gasteiger partial charge < -0.3 is 0 Å². The van der Waals surface area contributed by atoms with E-state index in [2.05, 4.69) is 19.6 Å². The fraction of sp³-hybridized carbons (Fsp3) is 0.231. The van der Waals surface area contributed by atoms with Crippen molar-refractivity contribution in [3.05, 3.63) is 101 Å². The minimum absolute atomic E-state index is 0.0953. The number of fused-ring (bicyclic) bond motifs is 1. The molecule has 0 heterocycles. The number of Topliss-reactive ketones (excluding diaryl/α,β-unsaturated/α-hetero) is 2. The molecule has 0 aromatic heterocycles. The molecule has 3 aromatic rings. The molecule has 0 aliphatic heterocycles. The summed E-state index contributed by atoms with van der Waals surface area (Å²) in [6, 6.07) is 24.4. The average Bonchev–Trinajstić information content (AvgIpc) is 2.98. The Balaban J connectivity index is 1.79. The molecule has 1 aliphatic rings. The Morgan fingerprint density at radius 1 is 0.844 bits per heavy atom. The average molecular weight is 528 g/mol. The molecule has 3 aromatic carbocycles. The van der Waals surface area contributed by atoms with E-state index in [0.717, 1.165) is 10.0 Å². The number of ketones is 2. The Morgan fingerprint density at radius 2 is 1.38 bits per heavy atom. The van der Waals surface area contributed by atoms with Gasteiger partial charge in [0.1, 0.15) is 0 Å². The van der Waals surface area contributed by atoms with Gasteiger partial charge in [0.05, 0.1) is 0 Å². The molecular formula is C26H25ClO3SeSi. The fourth-order valence-corrected chi connectivity index (χ4v) is 9.26. The molecule has 32 heavy (non-hydrogen) atoms. The minimum atomic E-state index is -1.95. The van der Waals surface area contributed by atoms with Crippen LogP contribution in [-0.2, 0) is 9.84 Å². The van der Waals surface area contributed by atoms with E-state index in [4.69, 9.17) is 16.0 Å². The Kier molecular flexibility index (Phi) is 6.57. The number of rotatable bonds is 7. The molecule has 164 valence electrons. The van der Waals surface area contributed by atoms with Gasteiger partial charge in [-0.05, 0) is 0 Å². The topological polar surface area (TPSA) is 43.4 Å². The predicted molar refractivity (Wildman–Crippen MR) is 133 cm³/mol. The summed E-state index contributed by atoms with van der Waals surface area (Å²) in [6.45, 7) is 6.42. The third kappa shape index (κ3) is 4.54. The van der Waals surface area contributed by atoms with Crippen LogP contribution in [0.5, 0.6) is 0 Å². The molecule has 1 unspecified atom stereocenters. The van der Waals surface area contributed by atoms with E-state index in [1.165, 1.54) is 0 Å². The van der Waals surface area contributed by atoms with Gasteiger partial charge in [-0.25, -0.2) is 0 Å². The molecule has 1 aliphatic carbocycles. The van der Waals surface area contributed by atoms with Gasteiger partial charge in [-0.3, -0.25) is 0 Å². The van der Waals surface area contributed by atoms with E-state index < -0.39 is 13.7 Å². The standard InChI is InChI=1S/C26H25ClO3SeSi/c1-32(2,3)30-23(31-20-15-13-19(27)14-16-20)17-26(18-9-5-4-6-10-18)24(28)21-11-7-8-12-22(21)25(26)29/h4-16,23H,17H2,1-3H3. The molecular weight excluding hydrogens is 503 g/mol. The van der Waals surface area contributed by atoms with E-state index in [0.29, 0.717) is 22.6 Å². The SMILES string of the molecule is C[Si](C)(C)OC(CC1(c2ccccc2)C(=O)c2ccccc2C1=O)[Se]c1ccc(Cl)cc1. The maximum absolute atomic E-state index is 13.9. The Bertz CT molecular complexity index is 1100. The predicted octanol–water partition coefficient (Wildman–Crippen LogP) is 5.25. The zero-order chi connectivity index (χ0) is 22.9. The molecule has 0 saturated heterocycles. The second-order valence-electron chi connectivity index (χ2n) is 8.91. The number of hydrogen-bond acceptors (Lipinski definition) is 3. The van der Waals surface area contributed by atoms with Crippen LogP contribution in [0.3, 0.4) is 0 Å². The van der Waals surface area contributed by atoms with Gasteiger partial charge >= 0.3 is 202 Å². The van der Waals surface area contributed by atoms with Crippen molar-refractivity contribution < 1.29 is 14.0 Å². The van der Waals surface area contributed by atoms with E-state index >= 15 is 0 Å². The van der Waals surface area contributed by atoms with E-state index in [9.17, 15) is 9.59 Å². The summed E-state index contributed by atoms with van der Waals surface area (Å²) in [4.78, 5) is 27.7. The summed E-state index contributed by atoms with van der Waals surface area (Å²) >= 11 is 5.98. The Labute approximate surface area is 201 Å². The molecule has 0 saturated carbocycles. The third-order valence-corrected chi connectivity index (χ3v) is 9.37. The first-order valence-electron chi connectivity index (χ1n) is 10.5. The maximum atomic E-state index is 13.9. The van der Waals surface area contributed by atoms with Crippen LogP contribution in [0.2, 0.25) is 24.7 Å². The van der Waals surface area contributed by atoms with Crippen molar-refractivity contribution in [3.8, 4) is 0 Å².